The molecule has 0 aliphatic heterocycles. The standard InChI is InChI=1S/C15H28O/c1-4-7-8-9-14-13(6-3)10-12(5-2)11-15(14)16/h12-14H,4-11H2,1-3H3. The van der Waals surface area contributed by atoms with E-state index in [4.69, 9.17) is 0 Å². The van der Waals surface area contributed by atoms with Gasteiger partial charge in [-0.1, -0.05) is 52.9 Å². The van der Waals surface area contributed by atoms with Crippen LogP contribution in [-0.4, -0.2) is 5.78 Å². The quantitative estimate of drug-likeness (QED) is 0.603. The second-order valence-corrected chi connectivity index (χ2v) is 5.45. The molecule has 16 heavy (non-hydrogen) atoms. The van der Waals surface area contributed by atoms with E-state index >= 15 is 0 Å². The summed E-state index contributed by atoms with van der Waals surface area (Å²) >= 11 is 0. The van der Waals surface area contributed by atoms with Crippen LogP contribution in [0.5, 0.6) is 0 Å². The molecule has 0 aromatic rings. The van der Waals surface area contributed by atoms with Gasteiger partial charge >= 0.3 is 0 Å². The van der Waals surface area contributed by atoms with Gasteiger partial charge in [-0.05, 0) is 24.7 Å². The maximum absolute atomic E-state index is 12.1. The van der Waals surface area contributed by atoms with Crippen LogP contribution in [-0.2, 0) is 4.79 Å². The topological polar surface area (TPSA) is 17.1 Å². The van der Waals surface area contributed by atoms with Gasteiger partial charge in [0.25, 0.3) is 0 Å². The molecule has 1 fully saturated rings. The molecule has 0 saturated heterocycles. The van der Waals surface area contributed by atoms with E-state index in [1.54, 1.807) is 0 Å². The fourth-order valence-corrected chi connectivity index (χ4v) is 3.15. The largest absolute Gasteiger partial charge is 0.299 e. The highest BCUT2D eigenvalue weighted by atomic mass is 16.1. The lowest BCUT2D eigenvalue weighted by Crippen LogP contribution is -2.32. The lowest BCUT2D eigenvalue weighted by molar-refractivity contribution is -0.129. The Hall–Kier alpha value is -0.330. The van der Waals surface area contributed by atoms with Gasteiger partial charge in [-0.2, -0.15) is 0 Å². The second kappa shape index (κ2) is 7.09. The molecule has 0 aromatic heterocycles. The molecule has 0 bridgehead atoms. The lowest BCUT2D eigenvalue weighted by atomic mass is 9.69. The first-order valence-corrected chi connectivity index (χ1v) is 7.25. The van der Waals surface area contributed by atoms with Crippen LogP contribution >= 0.6 is 0 Å². The third-order valence-electron chi connectivity index (χ3n) is 4.33. The van der Waals surface area contributed by atoms with Crippen LogP contribution < -0.4 is 0 Å². The van der Waals surface area contributed by atoms with Crippen LogP contribution in [0.25, 0.3) is 0 Å². The maximum Gasteiger partial charge on any atom is 0.136 e. The van der Waals surface area contributed by atoms with E-state index in [9.17, 15) is 4.79 Å². The van der Waals surface area contributed by atoms with Crippen molar-refractivity contribution in [3.05, 3.63) is 0 Å². The minimum atomic E-state index is 0.402. The number of rotatable bonds is 6. The van der Waals surface area contributed by atoms with Crippen molar-refractivity contribution in [3.8, 4) is 0 Å². The predicted molar refractivity (Wildman–Crippen MR) is 69.4 cm³/mol. The summed E-state index contributed by atoms with van der Waals surface area (Å²) in [6, 6.07) is 0. The molecule has 1 aliphatic rings. The lowest BCUT2D eigenvalue weighted by Gasteiger charge is -2.34. The average Bonchev–Trinajstić information content (AvgIpc) is 2.30. The number of Topliss-reactive ketones (excluding diaryl/α,β-unsaturated/α-hetero) is 1. The summed E-state index contributed by atoms with van der Waals surface area (Å²) in [7, 11) is 0. The molecule has 0 N–H and O–H groups in total. The molecule has 1 rings (SSSR count). The van der Waals surface area contributed by atoms with Crippen molar-refractivity contribution in [2.45, 2.75) is 72.1 Å². The SMILES string of the molecule is CCCCCC1C(=O)CC(CC)CC1CC. The van der Waals surface area contributed by atoms with Gasteiger partial charge in [-0.15, -0.1) is 0 Å². The molecule has 3 atom stereocenters. The Bertz CT molecular complexity index is 209. The van der Waals surface area contributed by atoms with Gasteiger partial charge in [-0.3, -0.25) is 4.79 Å². The Kier molecular flexibility index (Phi) is 6.08. The normalized spacial score (nSPS) is 30.7. The Labute approximate surface area is 101 Å². The Morgan fingerprint density at radius 3 is 2.44 bits per heavy atom. The number of carbonyl (C=O) groups excluding carboxylic acids is 1. The minimum absolute atomic E-state index is 0.402. The molecule has 0 spiro atoms. The van der Waals surface area contributed by atoms with Crippen LogP contribution in [0.4, 0.5) is 0 Å². The van der Waals surface area contributed by atoms with Crippen molar-refractivity contribution in [1.82, 2.24) is 0 Å². The van der Waals surface area contributed by atoms with Crippen LogP contribution in [0.3, 0.4) is 0 Å². The fraction of sp³-hybridized carbons (Fsp3) is 0.933. The van der Waals surface area contributed by atoms with Crippen LogP contribution in [0.1, 0.15) is 72.1 Å². The Morgan fingerprint density at radius 1 is 1.12 bits per heavy atom. The summed E-state index contributed by atoms with van der Waals surface area (Å²) in [6.45, 7) is 6.71. The zero-order valence-corrected chi connectivity index (χ0v) is 11.3. The van der Waals surface area contributed by atoms with E-state index in [0.29, 0.717) is 23.5 Å². The van der Waals surface area contributed by atoms with Crippen molar-refractivity contribution in [1.29, 1.82) is 0 Å². The molecule has 1 heteroatoms. The summed E-state index contributed by atoms with van der Waals surface area (Å²) in [5.41, 5.74) is 0. The smallest absolute Gasteiger partial charge is 0.136 e. The predicted octanol–water partition coefficient (Wildman–Crippen LogP) is 4.60. The van der Waals surface area contributed by atoms with E-state index in [1.165, 1.54) is 38.5 Å². The van der Waals surface area contributed by atoms with Crippen molar-refractivity contribution >= 4 is 5.78 Å². The molecule has 1 aliphatic carbocycles. The van der Waals surface area contributed by atoms with E-state index < -0.39 is 0 Å². The Morgan fingerprint density at radius 2 is 1.88 bits per heavy atom. The van der Waals surface area contributed by atoms with Crippen LogP contribution in [0, 0.1) is 17.8 Å². The van der Waals surface area contributed by atoms with Gasteiger partial charge in [0.2, 0.25) is 0 Å². The van der Waals surface area contributed by atoms with Crippen molar-refractivity contribution < 1.29 is 4.79 Å². The first-order chi connectivity index (χ1) is 7.72. The molecule has 1 saturated carbocycles. The Balaban J connectivity index is 2.49. The fourth-order valence-electron chi connectivity index (χ4n) is 3.15. The van der Waals surface area contributed by atoms with Crippen molar-refractivity contribution in [2.24, 2.45) is 17.8 Å². The average molecular weight is 224 g/mol. The van der Waals surface area contributed by atoms with Gasteiger partial charge < -0.3 is 0 Å². The highest BCUT2D eigenvalue weighted by Gasteiger charge is 2.34. The molecule has 0 amide bonds. The molecule has 0 heterocycles. The van der Waals surface area contributed by atoms with E-state index in [1.807, 2.05) is 0 Å². The summed E-state index contributed by atoms with van der Waals surface area (Å²) in [4.78, 5) is 12.1. The number of carbonyl (C=O) groups is 1. The molecule has 3 unspecified atom stereocenters. The molecule has 0 aromatic carbocycles. The molecular weight excluding hydrogens is 196 g/mol. The molecule has 94 valence electrons. The number of hydrogen-bond acceptors (Lipinski definition) is 1. The number of unbranched alkanes of at least 4 members (excludes halogenated alkanes) is 2. The van der Waals surface area contributed by atoms with Gasteiger partial charge in [0.05, 0.1) is 0 Å². The first kappa shape index (κ1) is 13.7. The summed E-state index contributed by atoms with van der Waals surface area (Å²) in [6.07, 6.45) is 9.50. The minimum Gasteiger partial charge on any atom is -0.299 e. The zero-order valence-electron chi connectivity index (χ0n) is 11.3. The van der Waals surface area contributed by atoms with Gasteiger partial charge in [0, 0.05) is 12.3 Å². The van der Waals surface area contributed by atoms with E-state index in [-0.39, 0.29) is 0 Å². The second-order valence-electron chi connectivity index (χ2n) is 5.45. The van der Waals surface area contributed by atoms with Crippen LogP contribution in [0.15, 0.2) is 0 Å². The van der Waals surface area contributed by atoms with Crippen LogP contribution in [0.2, 0.25) is 0 Å². The summed E-state index contributed by atoms with van der Waals surface area (Å²) < 4.78 is 0. The third kappa shape index (κ3) is 3.61. The van der Waals surface area contributed by atoms with Crippen molar-refractivity contribution in [3.63, 3.8) is 0 Å². The van der Waals surface area contributed by atoms with Gasteiger partial charge in [0.1, 0.15) is 5.78 Å². The zero-order chi connectivity index (χ0) is 12.0. The third-order valence-corrected chi connectivity index (χ3v) is 4.33. The summed E-state index contributed by atoms with van der Waals surface area (Å²) in [5.74, 6) is 2.34. The van der Waals surface area contributed by atoms with E-state index in [0.717, 1.165) is 12.8 Å². The number of ketones is 1. The van der Waals surface area contributed by atoms with E-state index in [2.05, 4.69) is 20.8 Å². The monoisotopic (exact) mass is 224 g/mol. The maximum atomic E-state index is 12.1. The van der Waals surface area contributed by atoms with Gasteiger partial charge in [-0.25, -0.2) is 0 Å². The highest BCUT2D eigenvalue weighted by molar-refractivity contribution is 5.82. The molecule has 0 radical (unpaired) electrons. The number of hydrogen-bond donors (Lipinski definition) is 0. The highest BCUT2D eigenvalue weighted by Crippen LogP contribution is 2.37. The van der Waals surface area contributed by atoms with Crippen molar-refractivity contribution in [2.75, 3.05) is 0 Å². The first-order valence-electron chi connectivity index (χ1n) is 7.25. The molecule has 1 nitrogen and oxygen atoms in total. The van der Waals surface area contributed by atoms with Gasteiger partial charge in [0.15, 0.2) is 0 Å². The summed E-state index contributed by atoms with van der Waals surface area (Å²) in [5, 5.41) is 0. The molecular formula is C15H28O.